The molecule has 1 aliphatic carbocycles. The third kappa shape index (κ3) is 3.22. The molecule has 1 fully saturated rings. The predicted molar refractivity (Wildman–Crippen MR) is 95.2 cm³/mol. The van der Waals surface area contributed by atoms with Gasteiger partial charge >= 0.3 is 0 Å². The van der Waals surface area contributed by atoms with Gasteiger partial charge in [-0.3, -0.25) is 4.79 Å². The fourth-order valence-corrected chi connectivity index (χ4v) is 3.80. The summed E-state index contributed by atoms with van der Waals surface area (Å²) in [5, 5.41) is 4.59. The molecule has 0 aromatic carbocycles. The van der Waals surface area contributed by atoms with Crippen LogP contribution in [0.25, 0.3) is 0 Å². The highest BCUT2D eigenvalue weighted by Crippen LogP contribution is 2.23. The summed E-state index contributed by atoms with van der Waals surface area (Å²) < 4.78 is 2.57. The minimum absolute atomic E-state index is 0.0503. The van der Waals surface area contributed by atoms with Gasteiger partial charge in [-0.15, -0.1) is 0 Å². The lowest BCUT2D eigenvalue weighted by Crippen LogP contribution is -2.37. The Morgan fingerprint density at radius 3 is 2.67 bits per heavy atom. The maximum atomic E-state index is 12.2. The molecule has 7 heteroatoms. The van der Waals surface area contributed by atoms with Crippen molar-refractivity contribution in [1.29, 1.82) is 0 Å². The SMILES string of the molecule is O=c1cc2c(nn1CC1CCN(c3ncc(Br)cn3)CC1)CCC2. The smallest absolute Gasteiger partial charge is 0.267 e. The highest BCUT2D eigenvalue weighted by atomic mass is 79.9. The molecule has 0 spiro atoms. The summed E-state index contributed by atoms with van der Waals surface area (Å²) in [6.07, 6.45) is 8.76. The summed E-state index contributed by atoms with van der Waals surface area (Å²) in [4.78, 5) is 23.2. The number of nitrogens with zero attached hydrogens (tertiary/aromatic N) is 5. The van der Waals surface area contributed by atoms with Crippen LogP contribution >= 0.6 is 15.9 Å². The van der Waals surface area contributed by atoms with E-state index in [1.165, 1.54) is 0 Å². The molecule has 0 saturated carbocycles. The van der Waals surface area contributed by atoms with Crippen molar-refractivity contribution in [2.75, 3.05) is 18.0 Å². The number of fused-ring (bicyclic) bond motifs is 1. The van der Waals surface area contributed by atoms with Crippen LogP contribution in [0.2, 0.25) is 0 Å². The van der Waals surface area contributed by atoms with E-state index in [9.17, 15) is 4.79 Å². The van der Waals surface area contributed by atoms with E-state index in [0.717, 1.165) is 73.4 Å². The minimum atomic E-state index is 0.0503. The van der Waals surface area contributed by atoms with Gasteiger partial charge in [0.2, 0.25) is 5.95 Å². The number of hydrogen-bond donors (Lipinski definition) is 0. The first-order valence-electron chi connectivity index (χ1n) is 8.51. The number of aryl methyl sites for hydroxylation is 2. The molecule has 4 rings (SSSR count). The Kier molecular flexibility index (Phi) is 4.35. The molecule has 0 amide bonds. The maximum Gasteiger partial charge on any atom is 0.267 e. The Morgan fingerprint density at radius 1 is 1.17 bits per heavy atom. The first kappa shape index (κ1) is 15.7. The lowest BCUT2D eigenvalue weighted by atomic mass is 9.97. The van der Waals surface area contributed by atoms with E-state index < -0.39 is 0 Å². The van der Waals surface area contributed by atoms with Gasteiger partial charge < -0.3 is 4.90 Å². The highest BCUT2D eigenvalue weighted by Gasteiger charge is 2.23. The van der Waals surface area contributed by atoms with Crippen molar-refractivity contribution in [2.45, 2.75) is 38.6 Å². The van der Waals surface area contributed by atoms with E-state index in [2.05, 4.69) is 35.9 Å². The van der Waals surface area contributed by atoms with Crippen LogP contribution in [-0.4, -0.2) is 32.8 Å². The van der Waals surface area contributed by atoms with Gasteiger partial charge in [0, 0.05) is 38.1 Å². The summed E-state index contributed by atoms with van der Waals surface area (Å²) >= 11 is 3.36. The van der Waals surface area contributed by atoms with Gasteiger partial charge in [0.15, 0.2) is 0 Å². The summed E-state index contributed by atoms with van der Waals surface area (Å²) in [6.45, 7) is 2.57. The number of anilines is 1. The number of hydrogen-bond acceptors (Lipinski definition) is 5. The summed E-state index contributed by atoms with van der Waals surface area (Å²) in [5.41, 5.74) is 2.32. The van der Waals surface area contributed by atoms with E-state index >= 15 is 0 Å². The zero-order valence-electron chi connectivity index (χ0n) is 13.5. The largest absolute Gasteiger partial charge is 0.341 e. The molecule has 2 aromatic heterocycles. The van der Waals surface area contributed by atoms with Gasteiger partial charge in [-0.25, -0.2) is 14.6 Å². The third-order valence-electron chi connectivity index (χ3n) is 4.96. The van der Waals surface area contributed by atoms with E-state index in [1.807, 2.05) is 0 Å². The lowest BCUT2D eigenvalue weighted by Gasteiger charge is -2.32. The molecular weight excluding hydrogens is 370 g/mol. The van der Waals surface area contributed by atoms with Gasteiger partial charge in [-0.2, -0.15) is 5.10 Å². The van der Waals surface area contributed by atoms with Crippen molar-refractivity contribution < 1.29 is 0 Å². The molecule has 0 radical (unpaired) electrons. The minimum Gasteiger partial charge on any atom is -0.341 e. The highest BCUT2D eigenvalue weighted by molar-refractivity contribution is 9.10. The fraction of sp³-hybridized carbons (Fsp3) is 0.529. The molecule has 3 heterocycles. The van der Waals surface area contributed by atoms with Gasteiger partial charge in [0.1, 0.15) is 0 Å². The Morgan fingerprint density at radius 2 is 1.92 bits per heavy atom. The van der Waals surface area contributed by atoms with Crippen LogP contribution in [-0.2, 0) is 19.4 Å². The van der Waals surface area contributed by atoms with E-state index in [0.29, 0.717) is 5.92 Å². The van der Waals surface area contributed by atoms with Crippen LogP contribution < -0.4 is 10.5 Å². The quantitative estimate of drug-likeness (QED) is 0.804. The zero-order chi connectivity index (χ0) is 16.5. The number of halogens is 1. The summed E-state index contributed by atoms with van der Waals surface area (Å²) in [7, 11) is 0. The van der Waals surface area contributed by atoms with Crippen molar-refractivity contribution in [3.63, 3.8) is 0 Å². The van der Waals surface area contributed by atoms with Crippen LogP contribution in [0, 0.1) is 5.92 Å². The number of piperidine rings is 1. The Hall–Kier alpha value is -1.76. The molecule has 24 heavy (non-hydrogen) atoms. The van der Waals surface area contributed by atoms with Crippen LogP contribution in [0.1, 0.15) is 30.5 Å². The van der Waals surface area contributed by atoms with Crippen molar-refractivity contribution >= 4 is 21.9 Å². The maximum absolute atomic E-state index is 12.2. The van der Waals surface area contributed by atoms with Crippen molar-refractivity contribution in [1.82, 2.24) is 19.7 Å². The lowest BCUT2D eigenvalue weighted by molar-refractivity contribution is 0.332. The van der Waals surface area contributed by atoms with Gasteiger partial charge in [0.25, 0.3) is 5.56 Å². The van der Waals surface area contributed by atoms with Crippen LogP contribution in [0.5, 0.6) is 0 Å². The molecule has 2 aromatic rings. The van der Waals surface area contributed by atoms with Gasteiger partial charge in [-0.1, -0.05) is 0 Å². The Balaban J connectivity index is 1.40. The molecule has 126 valence electrons. The second kappa shape index (κ2) is 6.63. The van der Waals surface area contributed by atoms with Crippen molar-refractivity contribution in [3.05, 3.63) is 44.5 Å². The molecule has 2 aliphatic rings. The van der Waals surface area contributed by atoms with E-state index in [4.69, 9.17) is 0 Å². The predicted octanol–water partition coefficient (Wildman–Crippen LogP) is 2.20. The number of aromatic nitrogens is 4. The molecular formula is C17H20BrN5O. The molecule has 0 unspecified atom stereocenters. The molecule has 0 atom stereocenters. The van der Waals surface area contributed by atoms with E-state index in [1.54, 1.807) is 23.1 Å². The molecule has 0 N–H and O–H groups in total. The second-order valence-corrected chi connectivity index (χ2v) is 7.54. The van der Waals surface area contributed by atoms with Crippen molar-refractivity contribution in [3.8, 4) is 0 Å². The second-order valence-electron chi connectivity index (χ2n) is 6.62. The standard InChI is InChI=1S/C17H20BrN5O/c18-14-9-19-17(20-10-14)22-6-4-12(5-7-22)11-23-16(24)8-13-2-1-3-15(13)21-23/h8-10,12H,1-7,11H2. The Labute approximate surface area is 149 Å². The summed E-state index contributed by atoms with van der Waals surface area (Å²) in [5.74, 6) is 1.27. The van der Waals surface area contributed by atoms with Gasteiger partial charge in [0.05, 0.1) is 10.2 Å². The number of rotatable bonds is 3. The van der Waals surface area contributed by atoms with Crippen molar-refractivity contribution in [2.24, 2.45) is 5.92 Å². The van der Waals surface area contributed by atoms with Crippen LogP contribution in [0.3, 0.4) is 0 Å². The molecule has 1 aliphatic heterocycles. The molecule has 1 saturated heterocycles. The Bertz CT molecular complexity index is 781. The average Bonchev–Trinajstić information content (AvgIpc) is 3.04. The molecule has 6 nitrogen and oxygen atoms in total. The van der Waals surface area contributed by atoms with Crippen LogP contribution in [0.15, 0.2) is 27.7 Å². The van der Waals surface area contributed by atoms with Crippen LogP contribution in [0.4, 0.5) is 5.95 Å². The zero-order valence-corrected chi connectivity index (χ0v) is 15.1. The first-order valence-corrected chi connectivity index (χ1v) is 9.31. The van der Waals surface area contributed by atoms with Gasteiger partial charge in [-0.05, 0) is 59.5 Å². The summed E-state index contributed by atoms with van der Waals surface area (Å²) in [6, 6.07) is 1.79. The first-order chi connectivity index (χ1) is 11.7. The fourth-order valence-electron chi connectivity index (χ4n) is 3.60. The topological polar surface area (TPSA) is 63.9 Å². The molecule has 0 bridgehead atoms. The third-order valence-corrected chi connectivity index (χ3v) is 5.37. The average molecular weight is 390 g/mol. The normalized spacial score (nSPS) is 18.0. The van der Waals surface area contributed by atoms with E-state index in [-0.39, 0.29) is 5.56 Å². The monoisotopic (exact) mass is 389 g/mol.